The molecule has 0 radical (unpaired) electrons. The molecule has 4 rings (SSSR count). The number of amides is 1. The van der Waals surface area contributed by atoms with Crippen molar-refractivity contribution < 1.29 is 18.7 Å². The molecule has 1 amide bonds. The average molecular weight is 450 g/mol. The van der Waals surface area contributed by atoms with Crippen LogP contribution in [0, 0.1) is 0 Å². The summed E-state index contributed by atoms with van der Waals surface area (Å²) in [5.74, 6) is 0.355. The number of morpholine rings is 1. The normalized spacial score (nSPS) is 18.0. The molecule has 1 unspecified atom stereocenters. The van der Waals surface area contributed by atoms with Gasteiger partial charge in [-0.3, -0.25) is 4.79 Å². The SMILES string of the molecule is CC(C)(C)OC(=O)N1CCOC(c2nc3c(oc4ccc(Br)cc43)c(=O)[nH]2)C1. The summed E-state index contributed by atoms with van der Waals surface area (Å²) in [4.78, 5) is 33.8. The number of aromatic nitrogens is 2. The van der Waals surface area contributed by atoms with Crippen LogP contribution in [0.5, 0.6) is 0 Å². The zero-order valence-electron chi connectivity index (χ0n) is 15.7. The predicted octanol–water partition coefficient (Wildman–Crippen LogP) is 3.74. The highest BCUT2D eigenvalue weighted by atomic mass is 79.9. The predicted molar refractivity (Wildman–Crippen MR) is 106 cm³/mol. The van der Waals surface area contributed by atoms with Crippen LogP contribution in [0.2, 0.25) is 0 Å². The van der Waals surface area contributed by atoms with Gasteiger partial charge in [-0.25, -0.2) is 9.78 Å². The average Bonchev–Trinajstić information content (AvgIpc) is 2.99. The van der Waals surface area contributed by atoms with Crippen molar-refractivity contribution in [3.05, 3.63) is 38.9 Å². The molecule has 1 aliphatic rings. The van der Waals surface area contributed by atoms with Crippen LogP contribution in [0.3, 0.4) is 0 Å². The number of halogens is 1. The van der Waals surface area contributed by atoms with E-state index in [1.165, 1.54) is 0 Å². The molecule has 148 valence electrons. The van der Waals surface area contributed by atoms with Gasteiger partial charge in [0, 0.05) is 16.4 Å². The summed E-state index contributed by atoms with van der Waals surface area (Å²) in [5.41, 5.74) is 0.239. The van der Waals surface area contributed by atoms with Crippen LogP contribution in [0.25, 0.3) is 22.1 Å². The van der Waals surface area contributed by atoms with E-state index in [1.54, 1.807) is 11.0 Å². The van der Waals surface area contributed by atoms with Crippen molar-refractivity contribution in [3.8, 4) is 0 Å². The van der Waals surface area contributed by atoms with Gasteiger partial charge in [0.2, 0.25) is 5.58 Å². The van der Waals surface area contributed by atoms with Crippen molar-refractivity contribution in [3.63, 3.8) is 0 Å². The van der Waals surface area contributed by atoms with Crippen LogP contribution in [-0.4, -0.2) is 46.3 Å². The molecule has 28 heavy (non-hydrogen) atoms. The standard InChI is InChI=1S/C19H20BrN3O5/c1-19(2,3)28-18(25)23-6-7-26-13(9-23)16-21-14-11-8-10(20)4-5-12(11)27-15(14)17(24)22-16/h4-5,8,13H,6-7,9H2,1-3H3,(H,21,22,24). The van der Waals surface area contributed by atoms with Gasteiger partial charge in [-0.2, -0.15) is 0 Å². The minimum absolute atomic E-state index is 0.164. The van der Waals surface area contributed by atoms with Crippen molar-refractivity contribution in [2.24, 2.45) is 0 Å². The van der Waals surface area contributed by atoms with Crippen molar-refractivity contribution in [1.82, 2.24) is 14.9 Å². The summed E-state index contributed by atoms with van der Waals surface area (Å²) >= 11 is 3.43. The lowest BCUT2D eigenvalue weighted by Crippen LogP contribution is -2.45. The summed E-state index contributed by atoms with van der Waals surface area (Å²) in [6, 6.07) is 5.47. The van der Waals surface area contributed by atoms with Crippen molar-refractivity contribution >= 4 is 44.1 Å². The van der Waals surface area contributed by atoms with E-state index in [0.717, 1.165) is 9.86 Å². The number of rotatable bonds is 1. The number of carbonyl (C=O) groups excluding carboxylic acids is 1. The first-order valence-electron chi connectivity index (χ1n) is 8.93. The van der Waals surface area contributed by atoms with Crippen LogP contribution in [0.1, 0.15) is 32.7 Å². The number of nitrogens with one attached hydrogen (secondary N) is 1. The number of aromatic amines is 1. The van der Waals surface area contributed by atoms with E-state index in [9.17, 15) is 9.59 Å². The molecule has 1 fully saturated rings. The second kappa shape index (κ2) is 6.89. The first-order chi connectivity index (χ1) is 13.2. The fourth-order valence-electron chi connectivity index (χ4n) is 3.10. The maximum atomic E-state index is 12.5. The van der Waals surface area contributed by atoms with Gasteiger partial charge in [0.05, 0.1) is 13.2 Å². The molecule has 2 aromatic heterocycles. The molecule has 1 aliphatic heterocycles. The van der Waals surface area contributed by atoms with E-state index in [4.69, 9.17) is 13.9 Å². The van der Waals surface area contributed by atoms with Gasteiger partial charge in [-0.05, 0) is 39.0 Å². The highest BCUT2D eigenvalue weighted by Gasteiger charge is 2.30. The molecule has 1 atom stereocenters. The van der Waals surface area contributed by atoms with Crippen molar-refractivity contribution in [2.45, 2.75) is 32.5 Å². The van der Waals surface area contributed by atoms with Gasteiger partial charge in [0.25, 0.3) is 5.56 Å². The van der Waals surface area contributed by atoms with E-state index in [2.05, 4.69) is 25.9 Å². The third-order valence-electron chi connectivity index (χ3n) is 4.33. The number of carbonyl (C=O) groups is 1. The molecule has 0 bridgehead atoms. The number of fused-ring (bicyclic) bond motifs is 3. The lowest BCUT2D eigenvalue weighted by molar-refractivity contribution is -0.0462. The van der Waals surface area contributed by atoms with Gasteiger partial charge >= 0.3 is 6.09 Å². The molecule has 3 heterocycles. The van der Waals surface area contributed by atoms with Gasteiger partial charge in [0.15, 0.2) is 0 Å². The molecule has 1 saturated heterocycles. The van der Waals surface area contributed by atoms with Gasteiger partial charge in [-0.15, -0.1) is 0 Å². The third kappa shape index (κ3) is 3.64. The van der Waals surface area contributed by atoms with E-state index < -0.39 is 17.8 Å². The Morgan fingerprint density at radius 3 is 2.93 bits per heavy atom. The third-order valence-corrected chi connectivity index (χ3v) is 4.82. The molecule has 0 aliphatic carbocycles. The zero-order chi connectivity index (χ0) is 20.1. The van der Waals surface area contributed by atoms with Crippen LogP contribution in [0.15, 0.2) is 31.9 Å². The van der Waals surface area contributed by atoms with Gasteiger partial charge in [-0.1, -0.05) is 15.9 Å². The van der Waals surface area contributed by atoms with Crippen molar-refractivity contribution in [1.29, 1.82) is 0 Å². The van der Waals surface area contributed by atoms with Crippen molar-refractivity contribution in [2.75, 3.05) is 19.7 Å². The molecule has 1 aromatic carbocycles. The quantitative estimate of drug-likeness (QED) is 0.607. The van der Waals surface area contributed by atoms with Crippen LogP contribution in [0.4, 0.5) is 4.79 Å². The summed E-state index contributed by atoms with van der Waals surface area (Å²) in [5, 5.41) is 0.733. The Labute approximate surface area is 168 Å². The number of H-pyrrole nitrogens is 1. The minimum atomic E-state index is -0.584. The Kier molecular flexibility index (Phi) is 4.67. The highest BCUT2D eigenvalue weighted by molar-refractivity contribution is 9.10. The number of ether oxygens (including phenoxy) is 2. The number of hydrogen-bond acceptors (Lipinski definition) is 6. The molecule has 9 heteroatoms. The Balaban J connectivity index is 1.68. The van der Waals surface area contributed by atoms with Crippen LogP contribution >= 0.6 is 15.9 Å². The fourth-order valence-corrected chi connectivity index (χ4v) is 3.46. The van der Waals surface area contributed by atoms with Gasteiger partial charge < -0.3 is 23.8 Å². The topological polar surface area (TPSA) is 97.7 Å². The smallest absolute Gasteiger partial charge is 0.410 e. The molecular weight excluding hydrogens is 430 g/mol. The molecule has 1 N–H and O–H groups in total. The molecular formula is C19H20BrN3O5. The number of benzene rings is 1. The maximum Gasteiger partial charge on any atom is 0.410 e. The summed E-state index contributed by atoms with van der Waals surface area (Å²) in [6.07, 6.45) is -0.975. The summed E-state index contributed by atoms with van der Waals surface area (Å²) in [6.45, 7) is 6.43. The Hall–Kier alpha value is -2.39. The first-order valence-corrected chi connectivity index (χ1v) is 9.72. The number of hydrogen-bond donors (Lipinski definition) is 1. The Bertz CT molecular complexity index is 1110. The molecule has 0 spiro atoms. The van der Waals surface area contributed by atoms with Crippen LogP contribution in [-0.2, 0) is 9.47 Å². The lowest BCUT2D eigenvalue weighted by atomic mass is 10.2. The van der Waals surface area contributed by atoms with E-state index in [1.807, 2.05) is 32.9 Å². The van der Waals surface area contributed by atoms with Gasteiger partial charge in [0.1, 0.15) is 28.6 Å². The first kappa shape index (κ1) is 18.9. The fraction of sp³-hybridized carbons (Fsp3) is 0.421. The highest BCUT2D eigenvalue weighted by Crippen LogP contribution is 2.29. The van der Waals surface area contributed by atoms with E-state index in [0.29, 0.717) is 30.1 Å². The molecule has 8 nitrogen and oxygen atoms in total. The zero-order valence-corrected chi connectivity index (χ0v) is 17.3. The monoisotopic (exact) mass is 449 g/mol. The molecule has 0 saturated carbocycles. The second-order valence-corrected chi connectivity index (χ2v) is 8.57. The Morgan fingerprint density at radius 2 is 2.18 bits per heavy atom. The second-order valence-electron chi connectivity index (χ2n) is 7.66. The van der Waals surface area contributed by atoms with E-state index in [-0.39, 0.29) is 17.7 Å². The summed E-state index contributed by atoms with van der Waals surface area (Å²) < 4.78 is 17.7. The molecule has 3 aromatic rings. The number of nitrogens with zero attached hydrogens (tertiary/aromatic N) is 2. The number of furan rings is 1. The van der Waals surface area contributed by atoms with E-state index >= 15 is 0 Å². The maximum absolute atomic E-state index is 12.5. The summed E-state index contributed by atoms with van der Waals surface area (Å²) in [7, 11) is 0. The minimum Gasteiger partial charge on any atom is -0.449 e. The lowest BCUT2D eigenvalue weighted by Gasteiger charge is -2.33. The Morgan fingerprint density at radius 1 is 1.39 bits per heavy atom. The van der Waals surface area contributed by atoms with Crippen LogP contribution < -0.4 is 5.56 Å². The largest absolute Gasteiger partial charge is 0.449 e.